The number of carbonyl (C=O) groups excluding carboxylic acids is 1. The van der Waals surface area contributed by atoms with Crippen LogP contribution in [0.15, 0.2) is 29.4 Å². The average Bonchev–Trinajstić information content (AvgIpc) is 3.00. The summed E-state index contributed by atoms with van der Waals surface area (Å²) in [5.74, 6) is 0.754. The van der Waals surface area contributed by atoms with Gasteiger partial charge in [-0.1, -0.05) is 13.8 Å². The molecule has 3 rings (SSSR count). The maximum Gasteiger partial charge on any atom is 0.341 e. The summed E-state index contributed by atoms with van der Waals surface area (Å²) in [6.45, 7) is 4.40. The highest BCUT2D eigenvalue weighted by Gasteiger charge is 2.26. The van der Waals surface area contributed by atoms with Crippen molar-refractivity contribution in [3.05, 3.63) is 46.8 Å². The predicted molar refractivity (Wildman–Crippen MR) is 113 cm³/mol. The number of hydrazone groups is 1. The fourth-order valence-electron chi connectivity index (χ4n) is 4.07. The van der Waals surface area contributed by atoms with Gasteiger partial charge in [-0.05, 0) is 61.9 Å². The Balaban J connectivity index is 1.84. The number of hydrogen-bond donors (Lipinski definition) is 1. The molecule has 150 valence electrons. The molecule has 1 aromatic heterocycles. The van der Waals surface area contributed by atoms with E-state index >= 15 is 0 Å². The smallest absolute Gasteiger partial charge is 0.341 e. The lowest BCUT2D eigenvalue weighted by Gasteiger charge is -2.20. The molecule has 6 nitrogen and oxygen atoms in total. The van der Waals surface area contributed by atoms with Crippen LogP contribution < -0.4 is 10.1 Å². The Morgan fingerprint density at radius 1 is 1.21 bits per heavy atom. The molecular formula is C22H30N4O2. The van der Waals surface area contributed by atoms with E-state index in [1.54, 1.807) is 14.2 Å². The van der Waals surface area contributed by atoms with Gasteiger partial charge in [0.1, 0.15) is 5.75 Å². The van der Waals surface area contributed by atoms with Crippen LogP contribution >= 0.6 is 0 Å². The molecule has 1 aliphatic rings. The van der Waals surface area contributed by atoms with Gasteiger partial charge in [0.2, 0.25) is 0 Å². The Morgan fingerprint density at radius 2 is 1.93 bits per heavy atom. The number of methoxy groups -OCH3 is 1. The molecule has 1 N–H and O–H groups in total. The Hall–Kier alpha value is -2.76. The van der Waals surface area contributed by atoms with Crippen LogP contribution in [0.4, 0.5) is 10.5 Å². The van der Waals surface area contributed by atoms with E-state index in [1.165, 1.54) is 27.5 Å². The molecular weight excluding hydrogens is 352 g/mol. The number of nitrogens with one attached hydrogen (secondary N) is 1. The molecule has 28 heavy (non-hydrogen) atoms. The number of ether oxygens (including phenoxy) is 1. The molecule has 1 aromatic carbocycles. The van der Waals surface area contributed by atoms with Crippen molar-refractivity contribution in [3.8, 4) is 5.75 Å². The second-order valence-corrected chi connectivity index (χ2v) is 7.10. The number of carbonyl (C=O) groups is 1. The minimum atomic E-state index is -0.255. The summed E-state index contributed by atoms with van der Waals surface area (Å²) in [4.78, 5) is 12.6. The third kappa shape index (κ3) is 3.77. The van der Waals surface area contributed by atoms with Crippen molar-refractivity contribution in [2.24, 2.45) is 12.1 Å². The minimum absolute atomic E-state index is 0.255. The molecule has 1 heterocycles. The summed E-state index contributed by atoms with van der Waals surface area (Å²) in [5.41, 5.74) is 7.10. The van der Waals surface area contributed by atoms with Gasteiger partial charge in [0.15, 0.2) is 0 Å². The lowest BCUT2D eigenvalue weighted by atomic mass is 9.91. The summed E-state index contributed by atoms with van der Waals surface area (Å²) < 4.78 is 7.48. The van der Waals surface area contributed by atoms with Crippen molar-refractivity contribution in [2.75, 3.05) is 19.5 Å². The molecule has 0 atom stereocenters. The Bertz CT molecular complexity index is 881. The van der Waals surface area contributed by atoms with Crippen LogP contribution in [-0.2, 0) is 26.3 Å². The van der Waals surface area contributed by atoms with Gasteiger partial charge in [0, 0.05) is 36.7 Å². The fraction of sp³-hybridized carbons (Fsp3) is 0.455. The largest absolute Gasteiger partial charge is 0.497 e. The van der Waals surface area contributed by atoms with Crippen LogP contribution in [0.1, 0.15) is 49.2 Å². The second-order valence-electron chi connectivity index (χ2n) is 7.10. The van der Waals surface area contributed by atoms with Crippen molar-refractivity contribution in [1.82, 2.24) is 9.58 Å². The monoisotopic (exact) mass is 382 g/mol. The van der Waals surface area contributed by atoms with Crippen LogP contribution in [0.2, 0.25) is 0 Å². The molecule has 0 spiro atoms. The molecule has 0 saturated heterocycles. The number of amides is 2. The highest BCUT2D eigenvalue weighted by Crippen LogP contribution is 2.31. The zero-order chi connectivity index (χ0) is 20.3. The van der Waals surface area contributed by atoms with Crippen molar-refractivity contribution in [2.45, 2.75) is 46.0 Å². The number of urea groups is 1. The third-order valence-corrected chi connectivity index (χ3v) is 5.46. The Kier molecular flexibility index (Phi) is 6.07. The SMILES string of the molecule is CCc1c2c(n(C)c1CC)CCC/C2=N\N(C)C(=O)Nc1ccc(OC)cc1. The van der Waals surface area contributed by atoms with Crippen molar-refractivity contribution in [3.63, 3.8) is 0 Å². The predicted octanol–water partition coefficient (Wildman–Crippen LogP) is 4.36. The van der Waals surface area contributed by atoms with Gasteiger partial charge in [-0.25, -0.2) is 9.80 Å². The number of aromatic nitrogens is 1. The maximum atomic E-state index is 12.6. The van der Waals surface area contributed by atoms with Crippen LogP contribution in [0.5, 0.6) is 5.75 Å². The molecule has 0 radical (unpaired) electrons. The Labute approximate surface area is 167 Å². The molecule has 0 unspecified atom stereocenters. The maximum absolute atomic E-state index is 12.6. The number of nitrogens with zero attached hydrogens (tertiary/aromatic N) is 3. The summed E-state index contributed by atoms with van der Waals surface area (Å²) in [7, 11) is 5.48. The van der Waals surface area contributed by atoms with Crippen LogP contribution in [-0.4, -0.2) is 35.5 Å². The molecule has 0 bridgehead atoms. The topological polar surface area (TPSA) is 58.9 Å². The number of rotatable bonds is 5. The van der Waals surface area contributed by atoms with E-state index in [0.717, 1.165) is 43.6 Å². The first-order valence-corrected chi connectivity index (χ1v) is 9.96. The van der Waals surface area contributed by atoms with Gasteiger partial charge in [0.25, 0.3) is 0 Å². The zero-order valence-electron chi connectivity index (χ0n) is 17.5. The normalized spacial score (nSPS) is 14.7. The molecule has 6 heteroatoms. The van der Waals surface area contributed by atoms with Gasteiger partial charge >= 0.3 is 6.03 Å². The van der Waals surface area contributed by atoms with Crippen molar-refractivity contribution in [1.29, 1.82) is 0 Å². The molecule has 2 amide bonds. The first kappa shape index (κ1) is 20.0. The standard InChI is InChI=1S/C22H30N4O2/c1-6-17-19(7-2)25(3)20-10-8-9-18(21(17)20)24-26(4)22(27)23-15-11-13-16(28-5)14-12-15/h11-14H,6-10H2,1-5H3,(H,23,27)/b24-18+. The van der Waals surface area contributed by atoms with E-state index in [9.17, 15) is 4.79 Å². The van der Waals surface area contributed by atoms with E-state index < -0.39 is 0 Å². The molecule has 0 saturated carbocycles. The number of benzene rings is 1. The van der Waals surface area contributed by atoms with Crippen molar-refractivity contribution >= 4 is 17.4 Å². The van der Waals surface area contributed by atoms with E-state index in [2.05, 4.69) is 30.8 Å². The van der Waals surface area contributed by atoms with Gasteiger partial charge in [0.05, 0.1) is 12.8 Å². The van der Waals surface area contributed by atoms with Crippen molar-refractivity contribution < 1.29 is 9.53 Å². The van der Waals surface area contributed by atoms with Gasteiger partial charge in [-0.3, -0.25) is 0 Å². The van der Waals surface area contributed by atoms with Gasteiger partial charge in [-0.2, -0.15) is 5.10 Å². The van der Waals surface area contributed by atoms with Crippen LogP contribution in [0.25, 0.3) is 0 Å². The first-order chi connectivity index (χ1) is 13.5. The number of anilines is 1. The van der Waals surface area contributed by atoms with Crippen LogP contribution in [0, 0.1) is 0 Å². The summed E-state index contributed by atoms with van der Waals surface area (Å²) >= 11 is 0. The van der Waals surface area contributed by atoms with E-state index in [0.29, 0.717) is 5.69 Å². The number of fused-ring (bicyclic) bond motifs is 1. The van der Waals surface area contributed by atoms with Gasteiger partial charge in [-0.15, -0.1) is 0 Å². The summed E-state index contributed by atoms with van der Waals surface area (Å²) in [5, 5.41) is 9.00. The van der Waals surface area contributed by atoms with Crippen LogP contribution in [0.3, 0.4) is 0 Å². The highest BCUT2D eigenvalue weighted by atomic mass is 16.5. The van der Waals surface area contributed by atoms with E-state index in [-0.39, 0.29) is 6.03 Å². The molecule has 0 aliphatic heterocycles. The van der Waals surface area contributed by atoms with Gasteiger partial charge < -0.3 is 14.6 Å². The highest BCUT2D eigenvalue weighted by molar-refractivity contribution is 6.05. The zero-order valence-corrected chi connectivity index (χ0v) is 17.5. The first-order valence-electron chi connectivity index (χ1n) is 9.96. The van der Waals surface area contributed by atoms with E-state index in [4.69, 9.17) is 9.84 Å². The third-order valence-electron chi connectivity index (χ3n) is 5.46. The fourth-order valence-corrected chi connectivity index (χ4v) is 4.07. The summed E-state index contributed by atoms with van der Waals surface area (Å²) in [6, 6.07) is 7.01. The quantitative estimate of drug-likeness (QED) is 0.781. The summed E-state index contributed by atoms with van der Waals surface area (Å²) in [6.07, 6.45) is 5.01. The second kappa shape index (κ2) is 8.50. The number of hydrogen-bond acceptors (Lipinski definition) is 3. The molecule has 2 aromatic rings. The Morgan fingerprint density at radius 3 is 2.54 bits per heavy atom. The van der Waals surface area contributed by atoms with E-state index in [1.807, 2.05) is 24.3 Å². The molecule has 1 aliphatic carbocycles. The average molecular weight is 383 g/mol. The lowest BCUT2D eigenvalue weighted by Crippen LogP contribution is -2.29. The molecule has 0 fully saturated rings. The minimum Gasteiger partial charge on any atom is -0.497 e. The lowest BCUT2D eigenvalue weighted by molar-refractivity contribution is 0.224.